The number of amides is 1. The fourth-order valence-corrected chi connectivity index (χ4v) is 1.61. The van der Waals surface area contributed by atoms with Crippen LogP contribution >= 0.6 is 0 Å². The summed E-state index contributed by atoms with van der Waals surface area (Å²) in [6.07, 6.45) is 0.0675. The number of carboxylic acid groups (broad SMARTS) is 1. The van der Waals surface area contributed by atoms with Gasteiger partial charge in [0.25, 0.3) is 0 Å². The van der Waals surface area contributed by atoms with Crippen molar-refractivity contribution in [3.63, 3.8) is 0 Å². The normalized spacial score (nSPS) is 11.7. The van der Waals surface area contributed by atoms with Gasteiger partial charge in [-0.05, 0) is 24.8 Å². The predicted molar refractivity (Wildman–Crippen MR) is 71.0 cm³/mol. The maximum atomic E-state index is 12.0. The van der Waals surface area contributed by atoms with Gasteiger partial charge in [-0.1, -0.05) is 30.3 Å². The predicted octanol–water partition coefficient (Wildman–Crippen LogP) is 2.51. The number of hydrogen-bond donors (Lipinski definition) is 2. The van der Waals surface area contributed by atoms with Crippen LogP contribution in [0.1, 0.15) is 24.8 Å². The largest absolute Gasteiger partial charge is 0.480 e. The molecule has 0 aliphatic heterocycles. The van der Waals surface area contributed by atoms with Crippen LogP contribution in [0.25, 0.3) is 0 Å². The lowest BCUT2D eigenvalue weighted by molar-refractivity contribution is -0.139. The Kier molecular flexibility index (Phi) is 7.10. The fraction of sp³-hybridized carbons (Fsp3) is 0.429. The molecule has 0 aliphatic carbocycles. The molecule has 0 bridgehead atoms. The molecule has 1 atom stereocenters. The van der Waals surface area contributed by atoms with Crippen molar-refractivity contribution in [2.24, 2.45) is 0 Å². The van der Waals surface area contributed by atoms with Gasteiger partial charge in [0.1, 0.15) is 12.6 Å². The summed E-state index contributed by atoms with van der Waals surface area (Å²) in [5.41, 5.74) is 0.812. The summed E-state index contributed by atoms with van der Waals surface area (Å²) in [6, 6.07) is 8.01. The summed E-state index contributed by atoms with van der Waals surface area (Å²) < 4.78 is 16.9. The number of hydrogen-bond acceptors (Lipinski definition) is 3. The van der Waals surface area contributed by atoms with Gasteiger partial charge in [0.15, 0.2) is 0 Å². The highest BCUT2D eigenvalue weighted by atomic mass is 19.1. The van der Waals surface area contributed by atoms with E-state index in [-0.39, 0.29) is 19.4 Å². The smallest absolute Gasteiger partial charge is 0.408 e. The number of halogens is 1. The zero-order chi connectivity index (χ0) is 14.8. The molecule has 0 saturated heterocycles. The Labute approximate surface area is 116 Å². The fourth-order valence-electron chi connectivity index (χ4n) is 1.61. The van der Waals surface area contributed by atoms with Gasteiger partial charge < -0.3 is 15.2 Å². The molecule has 1 amide bonds. The highest BCUT2D eigenvalue weighted by molar-refractivity contribution is 5.79. The number of carbonyl (C=O) groups excluding carboxylic acids is 1. The SMILES string of the molecule is O=C(NC(CCCCF)C(=O)O)OCc1ccccc1. The Balaban J connectivity index is 2.36. The third-order valence-corrected chi connectivity index (χ3v) is 2.68. The van der Waals surface area contributed by atoms with Gasteiger partial charge in [0.05, 0.1) is 6.67 Å². The van der Waals surface area contributed by atoms with Crippen LogP contribution in [0.2, 0.25) is 0 Å². The Morgan fingerprint density at radius 1 is 1.25 bits per heavy atom. The van der Waals surface area contributed by atoms with Crippen molar-refractivity contribution < 1.29 is 23.8 Å². The first-order valence-corrected chi connectivity index (χ1v) is 6.39. The second-order valence-electron chi connectivity index (χ2n) is 4.28. The topological polar surface area (TPSA) is 75.6 Å². The molecule has 0 spiro atoms. The van der Waals surface area contributed by atoms with Crippen molar-refractivity contribution in [2.45, 2.75) is 31.9 Å². The second-order valence-corrected chi connectivity index (χ2v) is 4.28. The third kappa shape index (κ3) is 6.17. The van der Waals surface area contributed by atoms with Gasteiger partial charge >= 0.3 is 12.1 Å². The van der Waals surface area contributed by atoms with Crippen molar-refractivity contribution in [2.75, 3.05) is 6.67 Å². The molecule has 2 N–H and O–H groups in total. The Hall–Kier alpha value is -2.11. The van der Waals surface area contributed by atoms with Crippen molar-refractivity contribution in [3.05, 3.63) is 35.9 Å². The van der Waals surface area contributed by atoms with Crippen LogP contribution in [0.5, 0.6) is 0 Å². The first kappa shape index (κ1) is 15.9. The van der Waals surface area contributed by atoms with E-state index in [1.54, 1.807) is 12.1 Å². The first-order chi connectivity index (χ1) is 9.63. The summed E-state index contributed by atoms with van der Waals surface area (Å²) in [4.78, 5) is 22.4. The molecule has 0 aromatic heterocycles. The van der Waals surface area contributed by atoms with Gasteiger partial charge in [0, 0.05) is 0 Å². The van der Waals surface area contributed by atoms with Crippen molar-refractivity contribution in [1.29, 1.82) is 0 Å². The maximum absolute atomic E-state index is 12.0. The highest BCUT2D eigenvalue weighted by Crippen LogP contribution is 2.04. The Bertz CT molecular complexity index is 424. The molecule has 0 saturated carbocycles. The molecular formula is C14H18FNO4. The number of unbranched alkanes of at least 4 members (excludes halogenated alkanes) is 1. The monoisotopic (exact) mass is 283 g/mol. The molecule has 0 fully saturated rings. The van der Waals surface area contributed by atoms with Crippen LogP contribution in [0.15, 0.2) is 30.3 Å². The third-order valence-electron chi connectivity index (χ3n) is 2.68. The number of carboxylic acids is 1. The van der Waals surface area contributed by atoms with Crippen LogP contribution in [0, 0.1) is 0 Å². The minimum atomic E-state index is -1.15. The summed E-state index contributed by atoms with van der Waals surface area (Å²) >= 11 is 0. The van der Waals surface area contributed by atoms with E-state index < -0.39 is 24.8 Å². The average Bonchev–Trinajstić information content (AvgIpc) is 2.45. The van der Waals surface area contributed by atoms with E-state index in [1.165, 1.54) is 0 Å². The van der Waals surface area contributed by atoms with Crippen LogP contribution < -0.4 is 5.32 Å². The molecule has 1 unspecified atom stereocenters. The van der Waals surface area contributed by atoms with Gasteiger partial charge in [0.2, 0.25) is 0 Å². The van der Waals surface area contributed by atoms with Crippen LogP contribution in [0.3, 0.4) is 0 Å². The number of rotatable bonds is 8. The van der Waals surface area contributed by atoms with E-state index in [2.05, 4.69) is 5.32 Å². The number of carbonyl (C=O) groups is 2. The lowest BCUT2D eigenvalue weighted by Gasteiger charge is -2.14. The van der Waals surface area contributed by atoms with Gasteiger partial charge in [-0.15, -0.1) is 0 Å². The van der Waals surface area contributed by atoms with E-state index in [0.717, 1.165) is 5.56 Å². The molecule has 6 heteroatoms. The lowest BCUT2D eigenvalue weighted by Crippen LogP contribution is -2.41. The number of alkyl carbamates (subject to hydrolysis) is 1. The Morgan fingerprint density at radius 3 is 2.55 bits per heavy atom. The zero-order valence-corrected chi connectivity index (χ0v) is 11.0. The van der Waals surface area contributed by atoms with Crippen LogP contribution in [-0.4, -0.2) is 29.9 Å². The van der Waals surface area contributed by atoms with Crippen molar-refractivity contribution >= 4 is 12.1 Å². The van der Waals surface area contributed by atoms with Gasteiger partial charge in [-0.2, -0.15) is 0 Å². The molecular weight excluding hydrogens is 265 g/mol. The minimum absolute atomic E-state index is 0.0729. The van der Waals surface area contributed by atoms with E-state index >= 15 is 0 Å². The standard InChI is InChI=1S/C14H18FNO4/c15-9-5-4-8-12(13(17)18)16-14(19)20-10-11-6-2-1-3-7-11/h1-3,6-7,12H,4-5,8-10H2,(H,16,19)(H,17,18). The molecule has 110 valence electrons. The lowest BCUT2D eigenvalue weighted by atomic mass is 10.1. The minimum Gasteiger partial charge on any atom is -0.480 e. The molecule has 0 aliphatic rings. The number of aliphatic carboxylic acids is 1. The molecule has 0 heterocycles. The summed E-state index contributed by atoms with van der Waals surface area (Å²) in [5.74, 6) is -1.15. The number of benzene rings is 1. The molecule has 1 aromatic carbocycles. The summed E-state index contributed by atoms with van der Waals surface area (Å²) in [7, 11) is 0. The second kappa shape index (κ2) is 8.90. The van der Waals surface area contributed by atoms with Crippen LogP contribution in [-0.2, 0) is 16.1 Å². The first-order valence-electron chi connectivity index (χ1n) is 6.39. The number of ether oxygens (including phenoxy) is 1. The van der Waals surface area contributed by atoms with E-state index in [0.29, 0.717) is 6.42 Å². The highest BCUT2D eigenvalue weighted by Gasteiger charge is 2.20. The van der Waals surface area contributed by atoms with Crippen LogP contribution in [0.4, 0.5) is 9.18 Å². The summed E-state index contributed by atoms with van der Waals surface area (Å²) in [6.45, 7) is -0.422. The maximum Gasteiger partial charge on any atom is 0.408 e. The van der Waals surface area contributed by atoms with Crippen molar-refractivity contribution in [3.8, 4) is 0 Å². The van der Waals surface area contributed by atoms with E-state index in [4.69, 9.17) is 9.84 Å². The van der Waals surface area contributed by atoms with E-state index in [1.807, 2.05) is 18.2 Å². The quantitative estimate of drug-likeness (QED) is 0.719. The average molecular weight is 283 g/mol. The van der Waals surface area contributed by atoms with E-state index in [9.17, 15) is 14.0 Å². The molecule has 20 heavy (non-hydrogen) atoms. The molecule has 0 radical (unpaired) electrons. The molecule has 1 rings (SSSR count). The molecule has 5 nitrogen and oxygen atoms in total. The van der Waals surface area contributed by atoms with Gasteiger partial charge in [-0.3, -0.25) is 4.39 Å². The molecule has 1 aromatic rings. The number of nitrogens with one attached hydrogen (secondary N) is 1. The Morgan fingerprint density at radius 2 is 1.95 bits per heavy atom. The zero-order valence-electron chi connectivity index (χ0n) is 11.0. The number of alkyl halides is 1. The summed E-state index contributed by atoms with van der Waals surface area (Å²) in [5, 5.41) is 11.2. The van der Waals surface area contributed by atoms with Gasteiger partial charge in [-0.25, -0.2) is 9.59 Å². The van der Waals surface area contributed by atoms with Crippen molar-refractivity contribution in [1.82, 2.24) is 5.32 Å².